The quantitative estimate of drug-likeness (QED) is 0.639. The van der Waals surface area contributed by atoms with E-state index < -0.39 is 59.3 Å². The first-order valence-electron chi connectivity index (χ1n) is 8.91. The van der Waals surface area contributed by atoms with Crippen LogP contribution < -0.4 is 5.32 Å². The molecule has 2 unspecified atom stereocenters. The van der Waals surface area contributed by atoms with Crippen LogP contribution in [0.3, 0.4) is 0 Å². The Hall–Kier alpha value is -3.19. The van der Waals surface area contributed by atoms with Gasteiger partial charge >= 0.3 is 5.97 Å². The van der Waals surface area contributed by atoms with Gasteiger partial charge in [0.05, 0.1) is 6.07 Å². The van der Waals surface area contributed by atoms with Crippen molar-refractivity contribution in [2.24, 2.45) is 5.92 Å². The third kappa shape index (κ3) is 5.45. The van der Waals surface area contributed by atoms with E-state index in [1.54, 1.807) is 26.2 Å². The number of ketones is 1. The maximum Gasteiger partial charge on any atom is 0.329 e. The molecule has 0 saturated carbocycles. The van der Waals surface area contributed by atoms with E-state index in [4.69, 9.17) is 4.74 Å². The number of nitriles is 1. The second kappa shape index (κ2) is 10.0. The summed E-state index contributed by atoms with van der Waals surface area (Å²) < 4.78 is 32.6. The Bertz CT molecular complexity index is 980. The Morgan fingerprint density at radius 2 is 1.90 bits per heavy atom. The number of carbonyl (C=O) groups is 3. The number of thiazole rings is 1. The van der Waals surface area contributed by atoms with Crippen molar-refractivity contribution in [1.29, 1.82) is 5.26 Å². The van der Waals surface area contributed by atoms with E-state index in [0.29, 0.717) is 10.7 Å². The first-order valence-corrected chi connectivity index (χ1v) is 9.79. The number of hydrogen-bond acceptors (Lipinski definition) is 7. The van der Waals surface area contributed by atoms with Crippen LogP contribution in [0.2, 0.25) is 0 Å². The topological polar surface area (TPSA) is 109 Å². The van der Waals surface area contributed by atoms with E-state index in [2.05, 4.69) is 10.3 Å². The van der Waals surface area contributed by atoms with Gasteiger partial charge in [-0.2, -0.15) is 5.26 Å². The second-order valence-electron chi connectivity index (χ2n) is 6.76. The van der Waals surface area contributed by atoms with Gasteiger partial charge in [0.1, 0.15) is 28.2 Å². The number of nitrogens with zero attached hydrogens (tertiary/aromatic N) is 2. The molecule has 1 aromatic heterocycles. The lowest BCUT2D eigenvalue weighted by atomic mass is 10.0. The predicted molar refractivity (Wildman–Crippen MR) is 104 cm³/mol. The lowest BCUT2D eigenvalue weighted by molar-refractivity contribution is -0.151. The lowest BCUT2D eigenvalue weighted by Gasteiger charge is -2.21. The molecule has 0 radical (unpaired) electrons. The lowest BCUT2D eigenvalue weighted by Crippen LogP contribution is -2.46. The molecule has 10 heteroatoms. The summed E-state index contributed by atoms with van der Waals surface area (Å²) in [6.07, 6.45) is 0. The van der Waals surface area contributed by atoms with Crippen LogP contribution in [-0.2, 0) is 14.3 Å². The Morgan fingerprint density at radius 1 is 1.27 bits per heavy atom. The molecule has 1 aromatic carbocycles. The van der Waals surface area contributed by atoms with Gasteiger partial charge in [0, 0.05) is 11.1 Å². The largest absolute Gasteiger partial charge is 0.456 e. The number of ether oxygens (including phenoxy) is 1. The van der Waals surface area contributed by atoms with Crippen LogP contribution >= 0.6 is 11.3 Å². The number of aryl methyl sites for hydroxylation is 1. The highest BCUT2D eigenvalue weighted by Gasteiger charge is 2.30. The van der Waals surface area contributed by atoms with Gasteiger partial charge in [-0.05, 0) is 25.0 Å². The first kappa shape index (κ1) is 23.1. The fourth-order valence-electron chi connectivity index (χ4n) is 2.51. The molecule has 0 aliphatic heterocycles. The second-order valence-corrected chi connectivity index (χ2v) is 7.64. The van der Waals surface area contributed by atoms with Crippen LogP contribution in [-0.4, -0.2) is 35.3 Å². The van der Waals surface area contributed by atoms with Crippen molar-refractivity contribution in [1.82, 2.24) is 10.3 Å². The Balaban J connectivity index is 2.06. The van der Waals surface area contributed by atoms with Gasteiger partial charge in [0.15, 0.2) is 18.3 Å². The summed E-state index contributed by atoms with van der Waals surface area (Å²) in [6.45, 7) is 4.18. The van der Waals surface area contributed by atoms with Crippen LogP contribution in [0.25, 0.3) is 0 Å². The fourth-order valence-corrected chi connectivity index (χ4v) is 3.37. The number of hydrogen-bond donors (Lipinski definition) is 1. The van der Waals surface area contributed by atoms with Crippen LogP contribution in [0, 0.1) is 35.8 Å². The molecule has 2 atom stereocenters. The maximum atomic E-state index is 13.8. The van der Waals surface area contributed by atoms with Gasteiger partial charge in [-0.25, -0.2) is 18.6 Å². The van der Waals surface area contributed by atoms with Crippen LogP contribution in [0.5, 0.6) is 0 Å². The molecule has 30 heavy (non-hydrogen) atoms. The molecule has 0 bridgehead atoms. The minimum absolute atomic E-state index is 0.291. The molecule has 2 aromatic rings. The smallest absolute Gasteiger partial charge is 0.329 e. The molecular weight excluding hydrogens is 416 g/mol. The number of nitrogens with one attached hydrogen (secondary N) is 1. The number of Topliss-reactive ketones (excluding diaryl/α,β-unsaturated/α-hetero) is 1. The molecule has 0 fully saturated rings. The van der Waals surface area contributed by atoms with E-state index in [1.807, 2.05) is 6.07 Å². The summed E-state index contributed by atoms with van der Waals surface area (Å²) in [5, 5.41) is 13.5. The number of carbonyl (C=O) groups excluding carboxylic acids is 3. The average molecular weight is 435 g/mol. The minimum atomic E-state index is -1.26. The summed E-state index contributed by atoms with van der Waals surface area (Å²) in [5.74, 6) is -6.59. The zero-order valence-corrected chi connectivity index (χ0v) is 17.3. The van der Waals surface area contributed by atoms with Crippen LogP contribution in [0.15, 0.2) is 23.6 Å². The third-order valence-corrected chi connectivity index (χ3v) is 5.12. The van der Waals surface area contributed by atoms with Crippen LogP contribution in [0.4, 0.5) is 8.78 Å². The standard InChI is InChI=1S/C20H19F2N3O4S/c1-10(2)17(25-18(27)16-13(21)5-4-6-14(16)22)20(28)29-8-15(26)12(7-23)19-24-11(3)9-30-19/h4-6,9-10,12,17H,8H2,1-3H3,(H,25,27). The molecule has 2 rings (SSSR count). The van der Waals surface area contributed by atoms with Gasteiger partial charge < -0.3 is 10.1 Å². The number of aromatic nitrogens is 1. The van der Waals surface area contributed by atoms with Crippen molar-refractivity contribution >= 4 is 29.0 Å². The molecular formula is C20H19F2N3O4S. The summed E-state index contributed by atoms with van der Waals surface area (Å²) >= 11 is 1.14. The van der Waals surface area contributed by atoms with Gasteiger partial charge in [0.2, 0.25) is 0 Å². The van der Waals surface area contributed by atoms with Gasteiger partial charge in [-0.1, -0.05) is 19.9 Å². The maximum absolute atomic E-state index is 13.8. The molecule has 1 heterocycles. The fraction of sp³-hybridized carbons (Fsp3) is 0.350. The van der Waals surface area contributed by atoms with Crippen molar-refractivity contribution in [3.8, 4) is 6.07 Å². The molecule has 0 aliphatic carbocycles. The predicted octanol–water partition coefficient (Wildman–Crippen LogP) is 2.90. The number of rotatable bonds is 8. The van der Waals surface area contributed by atoms with E-state index >= 15 is 0 Å². The summed E-state index contributed by atoms with van der Waals surface area (Å²) in [7, 11) is 0. The van der Waals surface area contributed by atoms with Gasteiger partial charge in [-0.15, -0.1) is 11.3 Å². The number of esters is 1. The van der Waals surface area contributed by atoms with Crippen molar-refractivity contribution in [2.75, 3.05) is 6.61 Å². The van der Waals surface area contributed by atoms with E-state index in [9.17, 15) is 28.4 Å². The highest BCUT2D eigenvalue weighted by Crippen LogP contribution is 2.21. The van der Waals surface area contributed by atoms with Gasteiger partial charge in [-0.3, -0.25) is 9.59 Å². The number of amides is 1. The highest BCUT2D eigenvalue weighted by atomic mass is 32.1. The number of benzene rings is 1. The highest BCUT2D eigenvalue weighted by molar-refractivity contribution is 7.09. The Labute approximate surface area is 175 Å². The van der Waals surface area contributed by atoms with E-state index in [0.717, 1.165) is 29.5 Å². The minimum Gasteiger partial charge on any atom is -0.456 e. The molecule has 158 valence electrons. The van der Waals surface area contributed by atoms with E-state index in [1.165, 1.54) is 0 Å². The summed E-state index contributed by atoms with van der Waals surface area (Å²) in [6, 6.07) is 3.51. The zero-order valence-electron chi connectivity index (χ0n) is 16.4. The molecule has 0 saturated heterocycles. The number of halogens is 2. The molecule has 0 spiro atoms. The normalized spacial score (nSPS) is 12.7. The first-order chi connectivity index (χ1) is 14.1. The molecule has 1 N–H and O–H groups in total. The molecule has 1 amide bonds. The van der Waals surface area contributed by atoms with Crippen LogP contribution in [0.1, 0.15) is 40.8 Å². The molecule has 7 nitrogen and oxygen atoms in total. The van der Waals surface area contributed by atoms with E-state index in [-0.39, 0.29) is 0 Å². The zero-order chi connectivity index (χ0) is 22.4. The Kier molecular flexibility index (Phi) is 7.72. The Morgan fingerprint density at radius 3 is 2.40 bits per heavy atom. The average Bonchev–Trinajstić information content (AvgIpc) is 3.10. The SMILES string of the molecule is Cc1csc(C(C#N)C(=O)COC(=O)C(NC(=O)c2c(F)cccc2F)C(C)C)n1. The van der Waals surface area contributed by atoms with Crippen molar-refractivity contribution in [2.45, 2.75) is 32.7 Å². The molecule has 0 aliphatic rings. The third-order valence-electron chi connectivity index (χ3n) is 4.09. The summed E-state index contributed by atoms with van der Waals surface area (Å²) in [4.78, 5) is 41.1. The monoisotopic (exact) mass is 435 g/mol. The van der Waals surface area contributed by atoms with Crippen molar-refractivity contribution < 1.29 is 27.9 Å². The van der Waals surface area contributed by atoms with Crippen molar-refractivity contribution in [3.05, 3.63) is 51.5 Å². The van der Waals surface area contributed by atoms with Gasteiger partial charge in [0.25, 0.3) is 5.91 Å². The van der Waals surface area contributed by atoms with Crippen molar-refractivity contribution in [3.63, 3.8) is 0 Å². The summed E-state index contributed by atoms with van der Waals surface area (Å²) in [5.41, 5.74) is -0.168.